The Bertz CT molecular complexity index is 697. The van der Waals surface area contributed by atoms with Crippen LogP contribution in [0.15, 0.2) is 18.2 Å². The summed E-state index contributed by atoms with van der Waals surface area (Å²) in [7, 11) is 0. The van der Waals surface area contributed by atoms with Crippen molar-refractivity contribution in [2.45, 2.75) is 26.7 Å². The SMILES string of the molecule is CCc1nc(NC(=O)Cc2ccc3c(c2)OCCO3)sc1C. The van der Waals surface area contributed by atoms with Crippen LogP contribution in [0.5, 0.6) is 11.5 Å². The smallest absolute Gasteiger partial charge is 0.230 e. The Morgan fingerprint density at radius 1 is 1.32 bits per heavy atom. The van der Waals surface area contributed by atoms with Gasteiger partial charge in [0, 0.05) is 4.88 Å². The van der Waals surface area contributed by atoms with Crippen LogP contribution in [0.1, 0.15) is 23.1 Å². The number of amides is 1. The molecule has 0 saturated carbocycles. The molecule has 0 saturated heterocycles. The summed E-state index contributed by atoms with van der Waals surface area (Å²) >= 11 is 1.51. The van der Waals surface area contributed by atoms with E-state index in [1.165, 1.54) is 11.3 Å². The largest absolute Gasteiger partial charge is 0.486 e. The number of nitrogens with one attached hydrogen (secondary N) is 1. The number of fused-ring (bicyclic) bond motifs is 1. The second-order valence-corrected chi connectivity index (χ2v) is 6.28. The van der Waals surface area contributed by atoms with Gasteiger partial charge in [0.2, 0.25) is 5.91 Å². The van der Waals surface area contributed by atoms with E-state index in [1.807, 2.05) is 25.1 Å². The topological polar surface area (TPSA) is 60.5 Å². The van der Waals surface area contributed by atoms with Crippen LogP contribution >= 0.6 is 11.3 Å². The van der Waals surface area contributed by atoms with E-state index >= 15 is 0 Å². The van der Waals surface area contributed by atoms with Gasteiger partial charge in [0.25, 0.3) is 0 Å². The van der Waals surface area contributed by atoms with Crippen LogP contribution < -0.4 is 14.8 Å². The van der Waals surface area contributed by atoms with Crippen LogP contribution in [0.3, 0.4) is 0 Å². The van der Waals surface area contributed by atoms with Crippen molar-refractivity contribution in [2.75, 3.05) is 18.5 Å². The summed E-state index contributed by atoms with van der Waals surface area (Å²) in [5.41, 5.74) is 1.94. The molecular formula is C16H18N2O3S. The van der Waals surface area contributed by atoms with E-state index in [4.69, 9.17) is 9.47 Å². The van der Waals surface area contributed by atoms with E-state index in [-0.39, 0.29) is 12.3 Å². The lowest BCUT2D eigenvalue weighted by Gasteiger charge is -2.18. The molecule has 1 amide bonds. The highest BCUT2D eigenvalue weighted by atomic mass is 32.1. The third kappa shape index (κ3) is 3.22. The lowest BCUT2D eigenvalue weighted by Crippen LogP contribution is -2.17. The molecule has 0 unspecified atom stereocenters. The van der Waals surface area contributed by atoms with E-state index in [1.54, 1.807) is 0 Å². The zero-order valence-corrected chi connectivity index (χ0v) is 13.5. The number of nitrogens with zero attached hydrogens (tertiary/aromatic N) is 1. The maximum absolute atomic E-state index is 12.1. The molecule has 0 spiro atoms. The van der Waals surface area contributed by atoms with Crippen molar-refractivity contribution < 1.29 is 14.3 Å². The lowest BCUT2D eigenvalue weighted by molar-refractivity contribution is -0.115. The van der Waals surface area contributed by atoms with Crippen molar-refractivity contribution in [3.8, 4) is 11.5 Å². The fourth-order valence-electron chi connectivity index (χ4n) is 2.36. The van der Waals surface area contributed by atoms with Crippen molar-refractivity contribution in [1.29, 1.82) is 0 Å². The fourth-order valence-corrected chi connectivity index (χ4v) is 3.27. The van der Waals surface area contributed by atoms with Gasteiger partial charge in [0.15, 0.2) is 16.6 Å². The number of rotatable bonds is 4. The molecule has 0 atom stereocenters. The number of hydrogen-bond donors (Lipinski definition) is 1. The number of benzene rings is 1. The molecule has 2 heterocycles. The first-order valence-electron chi connectivity index (χ1n) is 7.30. The first kappa shape index (κ1) is 14.8. The first-order chi connectivity index (χ1) is 10.7. The number of carbonyl (C=O) groups is 1. The van der Waals surface area contributed by atoms with E-state index < -0.39 is 0 Å². The molecule has 1 aromatic heterocycles. The predicted octanol–water partition coefficient (Wildman–Crippen LogP) is 2.97. The van der Waals surface area contributed by atoms with Crippen LogP contribution in [-0.4, -0.2) is 24.1 Å². The molecule has 1 aliphatic rings. The van der Waals surface area contributed by atoms with Crippen molar-refractivity contribution in [3.05, 3.63) is 34.3 Å². The Balaban J connectivity index is 1.66. The lowest BCUT2D eigenvalue weighted by atomic mass is 10.1. The Hall–Kier alpha value is -2.08. The fraction of sp³-hybridized carbons (Fsp3) is 0.375. The zero-order chi connectivity index (χ0) is 15.5. The Kier molecular flexibility index (Phi) is 4.29. The number of anilines is 1. The van der Waals surface area contributed by atoms with E-state index in [9.17, 15) is 4.79 Å². The van der Waals surface area contributed by atoms with Crippen LogP contribution in [-0.2, 0) is 17.6 Å². The van der Waals surface area contributed by atoms with Crippen LogP contribution in [0.2, 0.25) is 0 Å². The van der Waals surface area contributed by atoms with E-state index in [0.29, 0.717) is 24.1 Å². The Morgan fingerprint density at radius 3 is 2.82 bits per heavy atom. The zero-order valence-electron chi connectivity index (χ0n) is 12.6. The monoisotopic (exact) mass is 318 g/mol. The maximum Gasteiger partial charge on any atom is 0.230 e. The second kappa shape index (κ2) is 6.36. The minimum absolute atomic E-state index is 0.0759. The molecule has 0 bridgehead atoms. The summed E-state index contributed by atoms with van der Waals surface area (Å²) in [6, 6.07) is 5.59. The average molecular weight is 318 g/mol. The van der Waals surface area contributed by atoms with Crippen LogP contribution in [0.4, 0.5) is 5.13 Å². The molecule has 0 radical (unpaired) electrons. The minimum Gasteiger partial charge on any atom is -0.486 e. The van der Waals surface area contributed by atoms with E-state index in [2.05, 4.69) is 17.2 Å². The summed E-state index contributed by atoms with van der Waals surface area (Å²) in [5.74, 6) is 1.36. The van der Waals surface area contributed by atoms with Crippen LogP contribution in [0, 0.1) is 6.92 Å². The third-order valence-electron chi connectivity index (χ3n) is 3.45. The van der Waals surface area contributed by atoms with Gasteiger partial charge in [0.1, 0.15) is 13.2 Å². The van der Waals surface area contributed by atoms with Gasteiger partial charge in [-0.3, -0.25) is 4.79 Å². The van der Waals surface area contributed by atoms with Gasteiger partial charge in [-0.05, 0) is 31.0 Å². The predicted molar refractivity (Wildman–Crippen MR) is 86.0 cm³/mol. The molecule has 1 N–H and O–H groups in total. The number of carbonyl (C=O) groups excluding carboxylic acids is 1. The molecule has 6 heteroatoms. The van der Waals surface area contributed by atoms with Crippen molar-refractivity contribution in [3.63, 3.8) is 0 Å². The van der Waals surface area contributed by atoms with Crippen molar-refractivity contribution in [2.24, 2.45) is 0 Å². The number of hydrogen-bond acceptors (Lipinski definition) is 5. The highest BCUT2D eigenvalue weighted by Crippen LogP contribution is 2.31. The first-order valence-corrected chi connectivity index (χ1v) is 8.12. The van der Waals surface area contributed by atoms with Gasteiger partial charge >= 0.3 is 0 Å². The Morgan fingerprint density at radius 2 is 2.09 bits per heavy atom. The molecule has 5 nitrogen and oxygen atoms in total. The normalized spacial score (nSPS) is 13.0. The molecule has 116 valence electrons. The third-order valence-corrected chi connectivity index (χ3v) is 4.37. The minimum atomic E-state index is -0.0759. The summed E-state index contributed by atoms with van der Waals surface area (Å²) in [4.78, 5) is 17.7. The van der Waals surface area contributed by atoms with Crippen molar-refractivity contribution in [1.82, 2.24) is 4.98 Å². The summed E-state index contributed by atoms with van der Waals surface area (Å²) in [5, 5.41) is 3.53. The average Bonchev–Trinajstić information content (AvgIpc) is 2.86. The summed E-state index contributed by atoms with van der Waals surface area (Å²) in [6.07, 6.45) is 1.16. The molecule has 3 rings (SSSR count). The Labute approximate surface area is 133 Å². The van der Waals surface area contributed by atoms with Crippen LogP contribution in [0.25, 0.3) is 0 Å². The molecule has 0 fully saturated rings. The standard InChI is InChI=1S/C16H18N2O3S/c1-3-12-10(2)22-16(17-12)18-15(19)9-11-4-5-13-14(8-11)21-7-6-20-13/h4-5,8H,3,6-7,9H2,1-2H3,(H,17,18,19). The molecule has 1 aliphatic heterocycles. The highest BCUT2D eigenvalue weighted by Gasteiger charge is 2.14. The van der Waals surface area contributed by atoms with Gasteiger partial charge in [-0.15, -0.1) is 11.3 Å². The number of ether oxygens (including phenoxy) is 2. The van der Waals surface area contributed by atoms with E-state index in [0.717, 1.165) is 28.3 Å². The number of aromatic nitrogens is 1. The molecular weight excluding hydrogens is 300 g/mol. The van der Waals surface area contributed by atoms with Crippen molar-refractivity contribution >= 4 is 22.4 Å². The van der Waals surface area contributed by atoms with Gasteiger partial charge in [-0.1, -0.05) is 13.0 Å². The number of thiazole rings is 1. The number of aryl methyl sites for hydroxylation is 2. The second-order valence-electron chi connectivity index (χ2n) is 5.08. The maximum atomic E-state index is 12.1. The highest BCUT2D eigenvalue weighted by molar-refractivity contribution is 7.15. The van der Waals surface area contributed by atoms with Gasteiger partial charge in [-0.25, -0.2) is 4.98 Å². The molecule has 0 aliphatic carbocycles. The van der Waals surface area contributed by atoms with Gasteiger partial charge in [0.05, 0.1) is 12.1 Å². The summed E-state index contributed by atoms with van der Waals surface area (Å²) < 4.78 is 11.0. The van der Waals surface area contributed by atoms with Gasteiger partial charge in [-0.2, -0.15) is 0 Å². The summed E-state index contributed by atoms with van der Waals surface area (Å²) in [6.45, 7) is 5.19. The molecule has 2 aromatic rings. The van der Waals surface area contributed by atoms with Gasteiger partial charge < -0.3 is 14.8 Å². The molecule has 22 heavy (non-hydrogen) atoms. The molecule has 1 aromatic carbocycles. The quantitative estimate of drug-likeness (QED) is 0.941.